The summed E-state index contributed by atoms with van der Waals surface area (Å²) in [5.74, 6) is 1.31. The van der Waals surface area contributed by atoms with Crippen molar-refractivity contribution >= 4 is 34.0 Å². The highest BCUT2D eigenvalue weighted by Gasteiger charge is 2.09. The number of nitrogens with zero attached hydrogens (tertiary/aromatic N) is 3. The molecule has 0 bridgehead atoms. The van der Waals surface area contributed by atoms with Crippen molar-refractivity contribution in [3.05, 3.63) is 89.2 Å². The average molecular weight is 432 g/mol. The Balaban J connectivity index is 1.44. The van der Waals surface area contributed by atoms with E-state index in [1.54, 1.807) is 12.1 Å². The monoisotopic (exact) mass is 431 g/mol. The number of ether oxygens (including phenoxy) is 1. The molecule has 4 rings (SSSR count). The highest BCUT2D eigenvalue weighted by Crippen LogP contribution is 2.29. The van der Waals surface area contributed by atoms with Crippen molar-refractivity contribution < 1.29 is 9.53 Å². The molecule has 6 heteroatoms. The third-order valence-electron chi connectivity index (χ3n) is 4.95. The molecular weight excluding hydrogens is 410 g/mol. The van der Waals surface area contributed by atoms with Gasteiger partial charge in [0.05, 0.1) is 10.9 Å². The van der Waals surface area contributed by atoms with Gasteiger partial charge in [0.15, 0.2) is 0 Å². The maximum Gasteiger partial charge on any atom is 0.230 e. The zero-order valence-electron chi connectivity index (χ0n) is 17.4. The van der Waals surface area contributed by atoms with Gasteiger partial charge in [-0.15, -0.1) is 0 Å². The van der Waals surface area contributed by atoms with Crippen molar-refractivity contribution in [1.82, 2.24) is 9.97 Å². The largest absolute Gasteiger partial charge is 0.438 e. The topological polar surface area (TPSA) is 55.3 Å². The zero-order valence-corrected chi connectivity index (χ0v) is 18.1. The summed E-state index contributed by atoms with van der Waals surface area (Å²) in [5, 5.41) is 1.51. The second-order valence-corrected chi connectivity index (χ2v) is 7.98. The number of ketones is 1. The van der Waals surface area contributed by atoms with E-state index >= 15 is 0 Å². The molecule has 0 fully saturated rings. The van der Waals surface area contributed by atoms with Crippen LogP contribution >= 0.6 is 11.6 Å². The van der Waals surface area contributed by atoms with E-state index in [0.29, 0.717) is 29.5 Å². The summed E-state index contributed by atoms with van der Waals surface area (Å²) in [6.45, 7) is 0. The Morgan fingerprint density at radius 3 is 2.19 bits per heavy atom. The number of carbonyl (C=O) groups is 1. The maximum absolute atomic E-state index is 12.4. The van der Waals surface area contributed by atoms with E-state index in [9.17, 15) is 4.79 Å². The molecule has 0 radical (unpaired) electrons. The summed E-state index contributed by atoms with van der Waals surface area (Å²) in [7, 11) is 3.98. The first-order valence-corrected chi connectivity index (χ1v) is 10.3. The number of carbonyl (C=O) groups excluding carboxylic acids is 1. The first-order valence-electron chi connectivity index (χ1n) is 9.93. The van der Waals surface area contributed by atoms with Gasteiger partial charge in [-0.3, -0.25) is 4.79 Å². The molecular formula is C25H22ClN3O2. The Kier molecular flexibility index (Phi) is 6.14. The van der Waals surface area contributed by atoms with Gasteiger partial charge in [0.1, 0.15) is 17.9 Å². The van der Waals surface area contributed by atoms with Crippen LogP contribution in [0.3, 0.4) is 0 Å². The highest BCUT2D eigenvalue weighted by atomic mass is 35.5. The summed E-state index contributed by atoms with van der Waals surface area (Å²) >= 11 is 5.90. The van der Waals surface area contributed by atoms with Crippen LogP contribution in [0, 0.1) is 0 Å². The zero-order chi connectivity index (χ0) is 21.8. The van der Waals surface area contributed by atoms with Crippen LogP contribution < -0.4 is 9.64 Å². The van der Waals surface area contributed by atoms with Crippen LogP contribution in [0.25, 0.3) is 10.9 Å². The molecule has 1 heterocycles. The smallest absolute Gasteiger partial charge is 0.230 e. The minimum Gasteiger partial charge on any atom is -0.438 e. The molecule has 0 amide bonds. The standard InChI is InChI=1S/C25H22ClN3O2/c1-29(2)20-9-12-23-24(15-20)27-16-28-25(23)31-22-10-5-18(6-11-22)14-21(30)13-17-3-7-19(26)8-4-17/h3-12,15-16H,13-14H2,1-2H3. The molecule has 31 heavy (non-hydrogen) atoms. The van der Waals surface area contributed by atoms with Gasteiger partial charge in [-0.05, 0) is 53.6 Å². The fraction of sp³-hybridized carbons (Fsp3) is 0.160. The summed E-state index contributed by atoms with van der Waals surface area (Å²) < 4.78 is 6.00. The molecule has 1 aromatic heterocycles. The van der Waals surface area contributed by atoms with E-state index in [1.165, 1.54) is 6.33 Å². The molecule has 156 valence electrons. The van der Waals surface area contributed by atoms with Crippen molar-refractivity contribution in [2.75, 3.05) is 19.0 Å². The van der Waals surface area contributed by atoms with Gasteiger partial charge in [0.2, 0.25) is 5.88 Å². The number of aromatic nitrogens is 2. The Labute approximate surface area is 186 Å². The fourth-order valence-electron chi connectivity index (χ4n) is 3.29. The maximum atomic E-state index is 12.4. The molecule has 5 nitrogen and oxygen atoms in total. The molecule has 0 N–H and O–H groups in total. The van der Waals surface area contributed by atoms with Crippen molar-refractivity contribution in [3.8, 4) is 11.6 Å². The minimum absolute atomic E-state index is 0.148. The van der Waals surface area contributed by atoms with E-state index in [1.807, 2.05) is 73.6 Å². The Morgan fingerprint density at radius 2 is 1.55 bits per heavy atom. The molecule has 0 atom stereocenters. The van der Waals surface area contributed by atoms with E-state index < -0.39 is 0 Å². The Morgan fingerprint density at radius 1 is 0.903 bits per heavy atom. The minimum atomic E-state index is 0.148. The molecule has 0 aliphatic rings. The van der Waals surface area contributed by atoms with Crippen molar-refractivity contribution in [3.63, 3.8) is 0 Å². The Bertz CT molecular complexity index is 1210. The summed E-state index contributed by atoms with van der Waals surface area (Å²) in [6.07, 6.45) is 2.25. The predicted octanol–water partition coefficient (Wildman–Crippen LogP) is 5.50. The van der Waals surface area contributed by atoms with Crippen LogP contribution in [0.1, 0.15) is 11.1 Å². The molecule has 0 aliphatic heterocycles. The molecule has 0 saturated carbocycles. The molecule has 0 saturated heterocycles. The number of rotatable bonds is 7. The van der Waals surface area contributed by atoms with Crippen molar-refractivity contribution in [2.45, 2.75) is 12.8 Å². The molecule has 0 spiro atoms. The summed E-state index contributed by atoms with van der Waals surface area (Å²) in [6, 6.07) is 20.8. The third kappa shape index (κ3) is 5.19. The van der Waals surface area contributed by atoms with Gasteiger partial charge < -0.3 is 9.64 Å². The number of fused-ring (bicyclic) bond motifs is 1. The van der Waals surface area contributed by atoms with E-state index in [4.69, 9.17) is 16.3 Å². The summed E-state index contributed by atoms with van der Waals surface area (Å²) in [5.41, 5.74) is 3.78. The van der Waals surface area contributed by atoms with Crippen LogP contribution in [-0.2, 0) is 17.6 Å². The predicted molar refractivity (Wildman–Crippen MR) is 124 cm³/mol. The molecule has 3 aromatic carbocycles. The quantitative estimate of drug-likeness (QED) is 0.387. The third-order valence-corrected chi connectivity index (χ3v) is 5.21. The Hall–Kier alpha value is -3.44. The van der Waals surface area contributed by atoms with Gasteiger partial charge in [-0.2, -0.15) is 0 Å². The lowest BCUT2D eigenvalue weighted by molar-refractivity contribution is -0.117. The van der Waals surface area contributed by atoms with Gasteiger partial charge >= 0.3 is 0 Å². The lowest BCUT2D eigenvalue weighted by Gasteiger charge is -2.13. The second-order valence-electron chi connectivity index (χ2n) is 7.54. The van der Waals surface area contributed by atoms with Crippen LogP contribution in [0.15, 0.2) is 73.1 Å². The first kappa shape index (κ1) is 20.8. The number of benzene rings is 3. The highest BCUT2D eigenvalue weighted by molar-refractivity contribution is 6.30. The van der Waals surface area contributed by atoms with E-state index in [2.05, 4.69) is 9.97 Å². The lowest BCUT2D eigenvalue weighted by Crippen LogP contribution is -2.08. The van der Waals surface area contributed by atoms with Crippen LogP contribution in [-0.4, -0.2) is 29.8 Å². The number of hydrogen-bond acceptors (Lipinski definition) is 5. The van der Waals surface area contributed by atoms with Gasteiger partial charge in [0, 0.05) is 37.6 Å². The molecule has 0 aliphatic carbocycles. The number of anilines is 1. The van der Waals surface area contributed by atoms with E-state index in [0.717, 1.165) is 27.7 Å². The van der Waals surface area contributed by atoms with Crippen molar-refractivity contribution in [2.24, 2.45) is 0 Å². The van der Waals surface area contributed by atoms with Crippen LogP contribution in [0.2, 0.25) is 5.02 Å². The molecule has 4 aromatic rings. The number of Topliss-reactive ketones (excluding diaryl/α,β-unsaturated/α-hetero) is 1. The van der Waals surface area contributed by atoms with Gasteiger partial charge in [-0.25, -0.2) is 9.97 Å². The van der Waals surface area contributed by atoms with Crippen molar-refractivity contribution in [1.29, 1.82) is 0 Å². The second kappa shape index (κ2) is 9.14. The average Bonchev–Trinajstić information content (AvgIpc) is 2.76. The number of hydrogen-bond donors (Lipinski definition) is 0. The first-order chi connectivity index (χ1) is 15.0. The summed E-state index contributed by atoms with van der Waals surface area (Å²) in [4.78, 5) is 23.0. The lowest BCUT2D eigenvalue weighted by atomic mass is 10.0. The molecule has 0 unspecified atom stereocenters. The normalized spacial score (nSPS) is 10.8. The SMILES string of the molecule is CN(C)c1ccc2c(Oc3ccc(CC(=O)Cc4ccc(Cl)cc4)cc3)ncnc2c1. The van der Waals surface area contributed by atoms with Crippen LogP contribution in [0.4, 0.5) is 5.69 Å². The van der Waals surface area contributed by atoms with Crippen LogP contribution in [0.5, 0.6) is 11.6 Å². The fourth-order valence-corrected chi connectivity index (χ4v) is 3.41. The number of halogens is 1. The van der Waals surface area contributed by atoms with Gasteiger partial charge in [0.25, 0.3) is 0 Å². The van der Waals surface area contributed by atoms with E-state index in [-0.39, 0.29) is 5.78 Å². The van der Waals surface area contributed by atoms with Gasteiger partial charge in [-0.1, -0.05) is 35.9 Å².